The number of rotatable bonds is 7. The van der Waals surface area contributed by atoms with Crippen LogP contribution in [0, 0.1) is 0 Å². The lowest BCUT2D eigenvalue weighted by Crippen LogP contribution is -2.21. The summed E-state index contributed by atoms with van der Waals surface area (Å²) in [6.45, 7) is 6.32. The molecule has 1 heterocycles. The van der Waals surface area contributed by atoms with E-state index in [1.54, 1.807) is 0 Å². The summed E-state index contributed by atoms with van der Waals surface area (Å²) in [6.07, 6.45) is 6.11. The molecule has 102 valence electrons. The highest BCUT2D eigenvalue weighted by Gasteiger charge is 2.09. The van der Waals surface area contributed by atoms with E-state index in [0.717, 1.165) is 25.9 Å². The van der Waals surface area contributed by atoms with Gasteiger partial charge in [0.25, 0.3) is 0 Å². The minimum absolute atomic E-state index is 0.408. The van der Waals surface area contributed by atoms with Gasteiger partial charge in [0.2, 0.25) is 0 Å². The van der Waals surface area contributed by atoms with Crippen LogP contribution >= 0.6 is 0 Å². The number of hydrogen-bond acceptors (Lipinski definition) is 2. The highest BCUT2D eigenvalue weighted by atomic mass is 15.1. The van der Waals surface area contributed by atoms with Crippen molar-refractivity contribution in [2.45, 2.75) is 45.8 Å². The predicted octanol–water partition coefficient (Wildman–Crippen LogP) is 3.53. The van der Waals surface area contributed by atoms with Crippen LogP contribution in [0.25, 0.3) is 0 Å². The van der Waals surface area contributed by atoms with Crippen molar-refractivity contribution in [2.75, 3.05) is 0 Å². The molecule has 0 amide bonds. The van der Waals surface area contributed by atoms with E-state index in [9.17, 15) is 0 Å². The normalized spacial score (nSPS) is 12.5. The first kappa shape index (κ1) is 13.8. The zero-order chi connectivity index (χ0) is 13.5. The van der Waals surface area contributed by atoms with Crippen LogP contribution in [0.3, 0.4) is 0 Å². The van der Waals surface area contributed by atoms with E-state index in [-0.39, 0.29) is 0 Å². The molecule has 0 spiro atoms. The maximum absolute atomic E-state index is 4.24. The van der Waals surface area contributed by atoms with Gasteiger partial charge in [-0.1, -0.05) is 44.2 Å². The Labute approximate surface area is 115 Å². The third-order valence-corrected chi connectivity index (χ3v) is 3.40. The summed E-state index contributed by atoms with van der Waals surface area (Å²) < 4.78 is 2.23. The molecule has 0 radical (unpaired) electrons. The van der Waals surface area contributed by atoms with E-state index < -0.39 is 0 Å². The van der Waals surface area contributed by atoms with Crippen molar-refractivity contribution in [3.8, 4) is 0 Å². The largest absolute Gasteiger partial charge is 0.333 e. The molecule has 0 aliphatic carbocycles. The lowest BCUT2D eigenvalue weighted by molar-refractivity contribution is 0.500. The van der Waals surface area contributed by atoms with Gasteiger partial charge in [0.05, 0.1) is 12.0 Å². The first-order chi connectivity index (χ1) is 9.35. The maximum Gasteiger partial charge on any atom is 0.0948 e. The molecule has 19 heavy (non-hydrogen) atoms. The van der Waals surface area contributed by atoms with Gasteiger partial charge >= 0.3 is 0 Å². The Bertz CT molecular complexity index is 476. The van der Waals surface area contributed by atoms with Gasteiger partial charge in [-0.2, -0.15) is 0 Å². The molecule has 1 aromatic carbocycles. The van der Waals surface area contributed by atoms with E-state index in [1.807, 2.05) is 12.5 Å². The van der Waals surface area contributed by atoms with E-state index in [2.05, 4.69) is 59.0 Å². The molecule has 0 saturated carbocycles. The molecule has 0 aliphatic heterocycles. The van der Waals surface area contributed by atoms with Crippen LogP contribution in [0.1, 0.15) is 44.0 Å². The number of benzene rings is 1. The Kier molecular flexibility index (Phi) is 5.16. The fourth-order valence-electron chi connectivity index (χ4n) is 2.35. The molecule has 0 aliphatic rings. The highest BCUT2D eigenvalue weighted by Crippen LogP contribution is 2.16. The molecule has 3 heteroatoms. The number of aromatic nitrogens is 2. The van der Waals surface area contributed by atoms with Crippen molar-refractivity contribution in [3.63, 3.8) is 0 Å². The van der Waals surface area contributed by atoms with Gasteiger partial charge in [0, 0.05) is 25.3 Å². The zero-order valence-electron chi connectivity index (χ0n) is 11.8. The van der Waals surface area contributed by atoms with E-state index >= 15 is 0 Å². The van der Waals surface area contributed by atoms with Crippen LogP contribution < -0.4 is 5.32 Å². The van der Waals surface area contributed by atoms with Gasteiger partial charge in [-0.3, -0.25) is 0 Å². The van der Waals surface area contributed by atoms with Crippen LogP contribution in [-0.2, 0) is 13.1 Å². The second-order valence-corrected chi connectivity index (χ2v) is 4.83. The van der Waals surface area contributed by atoms with Crippen molar-refractivity contribution >= 4 is 0 Å². The summed E-state index contributed by atoms with van der Waals surface area (Å²) >= 11 is 0. The second-order valence-electron chi connectivity index (χ2n) is 4.83. The quantitative estimate of drug-likeness (QED) is 0.822. The van der Waals surface area contributed by atoms with Gasteiger partial charge in [0.1, 0.15) is 0 Å². The molecule has 0 saturated heterocycles. The fourth-order valence-corrected chi connectivity index (χ4v) is 2.35. The Morgan fingerprint density at radius 2 is 2.00 bits per heavy atom. The lowest BCUT2D eigenvalue weighted by Gasteiger charge is -2.18. The van der Waals surface area contributed by atoms with Gasteiger partial charge in [-0.25, -0.2) is 4.98 Å². The van der Waals surface area contributed by atoms with Crippen LogP contribution in [0.5, 0.6) is 0 Å². The van der Waals surface area contributed by atoms with Crippen LogP contribution in [-0.4, -0.2) is 9.55 Å². The number of nitrogens with zero attached hydrogens (tertiary/aromatic N) is 2. The Morgan fingerprint density at radius 1 is 1.21 bits per heavy atom. The third kappa shape index (κ3) is 3.67. The number of imidazole rings is 1. The first-order valence-electron chi connectivity index (χ1n) is 7.12. The number of hydrogen-bond donors (Lipinski definition) is 1. The molecule has 3 nitrogen and oxygen atoms in total. The Balaban J connectivity index is 1.98. The number of nitrogens with one attached hydrogen (secondary N) is 1. The minimum Gasteiger partial charge on any atom is -0.333 e. The molecule has 1 aromatic heterocycles. The summed E-state index contributed by atoms with van der Waals surface area (Å²) in [7, 11) is 0. The zero-order valence-corrected chi connectivity index (χ0v) is 11.8. The molecule has 0 bridgehead atoms. The van der Waals surface area contributed by atoms with E-state index in [0.29, 0.717) is 6.04 Å². The molecule has 1 unspecified atom stereocenters. The van der Waals surface area contributed by atoms with Gasteiger partial charge < -0.3 is 9.88 Å². The number of aryl methyl sites for hydroxylation is 1. The molecule has 1 N–H and O–H groups in total. The van der Waals surface area contributed by atoms with Crippen LogP contribution in [0.2, 0.25) is 0 Å². The van der Waals surface area contributed by atoms with Crippen LogP contribution in [0.15, 0.2) is 42.9 Å². The summed E-state index contributed by atoms with van der Waals surface area (Å²) in [4.78, 5) is 4.24. The molecule has 1 atom stereocenters. The first-order valence-corrected chi connectivity index (χ1v) is 7.12. The third-order valence-electron chi connectivity index (χ3n) is 3.40. The average molecular weight is 257 g/mol. The summed E-state index contributed by atoms with van der Waals surface area (Å²) in [5.41, 5.74) is 2.61. The maximum atomic E-state index is 4.24. The summed E-state index contributed by atoms with van der Waals surface area (Å²) in [5, 5.41) is 3.63. The standard InChI is InChI=1S/C16H23N3/c1-3-10-19-13-17-11-15(19)12-18-16(4-2)14-8-6-5-7-9-14/h5-9,11,13,16,18H,3-4,10,12H2,1-2H3. The smallest absolute Gasteiger partial charge is 0.0948 e. The van der Waals surface area contributed by atoms with Crippen molar-refractivity contribution < 1.29 is 0 Å². The van der Waals surface area contributed by atoms with Crippen LogP contribution in [0.4, 0.5) is 0 Å². The van der Waals surface area contributed by atoms with Crippen molar-refractivity contribution in [3.05, 3.63) is 54.1 Å². The predicted molar refractivity (Wildman–Crippen MR) is 78.8 cm³/mol. The molecular formula is C16H23N3. The lowest BCUT2D eigenvalue weighted by atomic mass is 10.0. The van der Waals surface area contributed by atoms with Gasteiger partial charge in [-0.05, 0) is 18.4 Å². The van der Waals surface area contributed by atoms with Crippen molar-refractivity contribution in [1.29, 1.82) is 0 Å². The highest BCUT2D eigenvalue weighted by molar-refractivity contribution is 5.18. The van der Waals surface area contributed by atoms with Gasteiger partial charge in [-0.15, -0.1) is 0 Å². The van der Waals surface area contributed by atoms with Crippen molar-refractivity contribution in [2.24, 2.45) is 0 Å². The minimum atomic E-state index is 0.408. The summed E-state index contributed by atoms with van der Waals surface area (Å²) in [5.74, 6) is 0. The average Bonchev–Trinajstić information content (AvgIpc) is 2.89. The topological polar surface area (TPSA) is 29.9 Å². The molecule has 0 fully saturated rings. The molecular weight excluding hydrogens is 234 g/mol. The SMILES string of the molecule is CCCn1cncc1CNC(CC)c1ccccc1. The van der Waals surface area contributed by atoms with E-state index in [4.69, 9.17) is 0 Å². The van der Waals surface area contributed by atoms with Crippen molar-refractivity contribution in [1.82, 2.24) is 14.9 Å². The van der Waals surface area contributed by atoms with E-state index in [1.165, 1.54) is 11.3 Å². The Morgan fingerprint density at radius 3 is 2.68 bits per heavy atom. The molecule has 2 rings (SSSR count). The van der Waals surface area contributed by atoms with Gasteiger partial charge in [0.15, 0.2) is 0 Å². The molecule has 2 aromatic rings. The monoisotopic (exact) mass is 257 g/mol. The fraction of sp³-hybridized carbons (Fsp3) is 0.438. The summed E-state index contributed by atoms with van der Waals surface area (Å²) in [6, 6.07) is 11.0. The second kappa shape index (κ2) is 7.10. The Hall–Kier alpha value is -1.61.